The molecule has 3 aliphatic heterocycles. The van der Waals surface area contributed by atoms with E-state index in [1.807, 2.05) is 0 Å². The van der Waals surface area contributed by atoms with Gasteiger partial charge in [0.05, 0.1) is 5.69 Å². The van der Waals surface area contributed by atoms with Crippen molar-refractivity contribution in [3.63, 3.8) is 0 Å². The van der Waals surface area contributed by atoms with Gasteiger partial charge in [0, 0.05) is 17.8 Å². The zero-order valence-corrected chi connectivity index (χ0v) is 21.8. The molecule has 0 saturated carbocycles. The number of anilines is 1. The van der Waals surface area contributed by atoms with Gasteiger partial charge in [-0.15, -0.1) is 0 Å². The lowest BCUT2D eigenvalue weighted by Crippen LogP contribution is -2.15. The molecule has 9 nitrogen and oxygen atoms in total. The molecule has 3 heterocycles. The van der Waals surface area contributed by atoms with Crippen LogP contribution in [-0.4, -0.2) is 26.4 Å². The van der Waals surface area contributed by atoms with Crippen molar-refractivity contribution in [1.82, 2.24) is 4.86 Å². The van der Waals surface area contributed by atoms with Gasteiger partial charge in [-0.05, 0) is 69.2 Å². The third kappa shape index (κ3) is 5.16. The normalized spacial score (nSPS) is 21.5. The molecule has 0 unspecified atom stereocenters. The minimum absolute atomic E-state index is 0.445. The van der Waals surface area contributed by atoms with E-state index in [9.17, 15) is 0 Å². The molecule has 0 aromatic heterocycles. The van der Waals surface area contributed by atoms with E-state index in [1.54, 1.807) is 36.4 Å². The van der Waals surface area contributed by atoms with Gasteiger partial charge in [-0.1, -0.05) is 0 Å². The molecule has 0 fully saturated rings. The fourth-order valence-corrected chi connectivity index (χ4v) is 18.7. The highest BCUT2D eigenvalue weighted by molar-refractivity contribution is 8.23. The molecule has 2 aromatic rings. The lowest BCUT2D eigenvalue weighted by molar-refractivity contribution is 0.171. The van der Waals surface area contributed by atoms with E-state index in [0.29, 0.717) is 60.8 Å². The highest BCUT2D eigenvalue weighted by Gasteiger charge is 2.36. The molecule has 0 saturated heterocycles. The highest BCUT2D eigenvalue weighted by atomic mass is 35.9. The van der Waals surface area contributed by atoms with Crippen molar-refractivity contribution in [3.8, 4) is 23.0 Å². The van der Waals surface area contributed by atoms with Crippen molar-refractivity contribution < 1.29 is 18.9 Å². The van der Waals surface area contributed by atoms with E-state index in [1.165, 1.54) is 0 Å². The summed E-state index contributed by atoms with van der Waals surface area (Å²) in [5.74, 6) is -3.78. The maximum absolute atomic E-state index is 6.44. The molecular weight excluding hydrogens is 561 g/mol. The second-order valence-corrected chi connectivity index (χ2v) is 19.4. The SMILES string of the molecule is ClP1(Cl)=NP(=Nc2ccc3c(c2)OCCO3)(Nc2ccc3c(c2)OCCO3)N=P(Cl)(Cl)N1. The summed E-state index contributed by atoms with van der Waals surface area (Å²) in [6, 6.07) is 10.6. The Balaban J connectivity index is 1.63. The number of nitrogens with one attached hydrogen (secondary N) is 2. The molecule has 2 aromatic carbocycles. The van der Waals surface area contributed by atoms with Crippen molar-refractivity contribution in [2.75, 3.05) is 31.5 Å². The van der Waals surface area contributed by atoms with Gasteiger partial charge in [-0.3, -0.25) is 0 Å². The molecule has 16 heteroatoms. The van der Waals surface area contributed by atoms with E-state index in [-0.39, 0.29) is 0 Å². The fourth-order valence-electron chi connectivity index (χ4n) is 3.17. The fraction of sp³-hybridized carbons (Fsp3) is 0.250. The standard InChI is InChI=1S/C16H16Cl4N5O4P3/c17-30(18)23-31(19,20)25-32(24-30,21-11-1-3-13-15(9-11)28-7-5-26-13)22-12-2-4-14-16(10-12)29-8-6-27-14/h1-4,9-10,21,23H,5-8H2. The smallest absolute Gasteiger partial charge is 0.287 e. The predicted octanol–water partition coefficient (Wildman–Crippen LogP) is 8.37. The average molecular weight is 577 g/mol. The van der Waals surface area contributed by atoms with Gasteiger partial charge in [-0.25, -0.2) is 4.74 Å². The van der Waals surface area contributed by atoms with Gasteiger partial charge in [-0.2, -0.15) is 13.9 Å². The van der Waals surface area contributed by atoms with Gasteiger partial charge < -0.3 is 24.0 Å². The second kappa shape index (κ2) is 8.79. The Hall–Kier alpha value is -0.750. The largest absolute Gasteiger partial charge is 0.486 e. The van der Waals surface area contributed by atoms with E-state index >= 15 is 0 Å². The molecular formula is C16H16Cl4N5O4P3. The van der Waals surface area contributed by atoms with Crippen LogP contribution in [0.3, 0.4) is 0 Å². The molecule has 0 radical (unpaired) electrons. The summed E-state index contributed by atoms with van der Waals surface area (Å²) in [5, 5.41) is 3.27. The Morgan fingerprint density at radius 1 is 0.750 bits per heavy atom. The van der Waals surface area contributed by atoms with E-state index < -0.39 is 19.3 Å². The van der Waals surface area contributed by atoms with Crippen LogP contribution in [0.1, 0.15) is 0 Å². The molecule has 0 bridgehead atoms. The number of ether oxygens (including phenoxy) is 4. The molecule has 3 aliphatic rings. The van der Waals surface area contributed by atoms with Crippen LogP contribution in [0.2, 0.25) is 0 Å². The lowest BCUT2D eigenvalue weighted by atomic mass is 10.3. The Bertz CT molecular complexity index is 1220. The lowest BCUT2D eigenvalue weighted by Gasteiger charge is -2.29. The monoisotopic (exact) mass is 575 g/mol. The van der Waals surface area contributed by atoms with Crippen LogP contribution in [-0.2, 0) is 0 Å². The molecule has 172 valence electrons. The quantitative estimate of drug-likeness (QED) is 0.356. The minimum Gasteiger partial charge on any atom is -0.486 e. The van der Waals surface area contributed by atoms with Crippen LogP contribution >= 0.6 is 64.3 Å². The Kier molecular flexibility index (Phi) is 6.32. The average Bonchev–Trinajstić information content (AvgIpc) is 2.71. The minimum atomic E-state index is -3.21. The van der Waals surface area contributed by atoms with Crippen LogP contribution < -0.4 is 28.9 Å². The van der Waals surface area contributed by atoms with Crippen molar-refractivity contribution >= 4 is 75.7 Å². The number of hydrogen-bond acceptors (Lipinski definition) is 6. The topological polar surface area (TPSA) is 98.1 Å². The molecule has 2 N–H and O–H groups in total. The molecule has 5 rings (SSSR count). The maximum atomic E-state index is 6.44. The van der Waals surface area contributed by atoms with Gasteiger partial charge in [0.15, 0.2) is 23.0 Å². The summed E-state index contributed by atoms with van der Waals surface area (Å²) in [5.41, 5.74) is 1.16. The van der Waals surface area contributed by atoms with Crippen LogP contribution in [0.15, 0.2) is 50.2 Å². The molecule has 32 heavy (non-hydrogen) atoms. The molecule has 0 spiro atoms. The van der Waals surface area contributed by atoms with Gasteiger partial charge >= 0.3 is 0 Å². The molecule has 0 amide bonds. The predicted molar refractivity (Wildman–Crippen MR) is 133 cm³/mol. The van der Waals surface area contributed by atoms with E-state index in [4.69, 9.17) is 68.7 Å². The zero-order valence-electron chi connectivity index (χ0n) is 16.1. The van der Waals surface area contributed by atoms with Gasteiger partial charge in [0.2, 0.25) is 11.8 Å². The van der Waals surface area contributed by atoms with Crippen LogP contribution in [0.25, 0.3) is 0 Å². The first kappa shape index (κ1) is 23.0. The van der Waals surface area contributed by atoms with E-state index in [0.717, 1.165) is 0 Å². The summed E-state index contributed by atoms with van der Waals surface area (Å²) in [6.45, 7) is 1.87. The maximum Gasteiger partial charge on any atom is 0.287 e. The summed E-state index contributed by atoms with van der Waals surface area (Å²) in [6.07, 6.45) is 0. The third-order valence-electron chi connectivity index (χ3n) is 4.32. The summed E-state index contributed by atoms with van der Waals surface area (Å²) in [4.78, 5) is 2.75. The first-order valence-corrected chi connectivity index (χ1v) is 18.0. The van der Waals surface area contributed by atoms with Crippen LogP contribution in [0.4, 0.5) is 11.4 Å². The first-order valence-electron chi connectivity index (χ1n) is 9.27. The number of halogens is 4. The number of benzene rings is 2. The number of hydrogen-bond donors (Lipinski definition) is 2. The van der Waals surface area contributed by atoms with Crippen LogP contribution in [0.5, 0.6) is 23.0 Å². The van der Waals surface area contributed by atoms with Crippen molar-refractivity contribution in [2.45, 2.75) is 0 Å². The highest BCUT2D eigenvalue weighted by Crippen LogP contribution is 2.82. The summed E-state index contributed by atoms with van der Waals surface area (Å²) < 4.78 is 36.4. The Morgan fingerprint density at radius 2 is 1.28 bits per heavy atom. The van der Waals surface area contributed by atoms with Gasteiger partial charge in [0.25, 0.3) is 7.51 Å². The van der Waals surface area contributed by atoms with Crippen molar-refractivity contribution in [1.29, 1.82) is 0 Å². The second-order valence-electron chi connectivity index (χ2n) is 6.71. The van der Waals surface area contributed by atoms with E-state index in [2.05, 4.69) is 19.0 Å². The molecule has 0 aliphatic carbocycles. The van der Waals surface area contributed by atoms with Crippen molar-refractivity contribution in [3.05, 3.63) is 36.4 Å². The third-order valence-corrected chi connectivity index (χ3v) is 16.3. The van der Waals surface area contributed by atoms with Crippen LogP contribution in [0, 0.1) is 0 Å². The first-order chi connectivity index (χ1) is 15.2. The van der Waals surface area contributed by atoms with Crippen molar-refractivity contribution in [2.24, 2.45) is 13.8 Å². The number of fused-ring (bicyclic) bond motifs is 2. The summed E-state index contributed by atoms with van der Waals surface area (Å²) >= 11 is 25.8. The Labute approximate surface area is 203 Å². The van der Waals surface area contributed by atoms with Gasteiger partial charge in [0.1, 0.15) is 26.4 Å². The zero-order chi connectivity index (χ0) is 22.4. The number of nitrogens with zero attached hydrogens (tertiary/aromatic N) is 3. The number of rotatable bonds is 3. The Morgan fingerprint density at radius 3 is 1.91 bits per heavy atom. The molecule has 0 atom stereocenters. The summed E-state index contributed by atoms with van der Waals surface area (Å²) in [7, 11) is -3.21.